The van der Waals surface area contributed by atoms with E-state index in [9.17, 15) is 9.65 Å². The third kappa shape index (κ3) is 5.44. The minimum Gasteiger partial charge on any atom is -0.251 e. The van der Waals surface area contributed by atoms with Gasteiger partial charge in [0.25, 0.3) is 0 Å². The monoisotopic (exact) mass is 395 g/mol. The Morgan fingerprint density at radius 2 is 1.76 bits per heavy atom. The second-order valence-electron chi connectivity index (χ2n) is 8.22. The van der Waals surface area contributed by atoms with Gasteiger partial charge in [-0.1, -0.05) is 62.9 Å². The van der Waals surface area contributed by atoms with Crippen molar-refractivity contribution in [1.82, 2.24) is 0 Å². The molecule has 1 aliphatic rings. The second-order valence-corrected chi connectivity index (χ2v) is 8.22. The maximum Gasteiger partial charge on any atom is 0.143 e. The molecule has 4 heteroatoms. The van der Waals surface area contributed by atoms with E-state index in [4.69, 9.17) is 5.26 Å². The number of hydrogen-bond donors (Lipinski definition) is 1. The van der Waals surface area contributed by atoms with Crippen LogP contribution in [0.1, 0.15) is 92.6 Å². The van der Waals surface area contributed by atoms with Crippen molar-refractivity contribution in [3.63, 3.8) is 0 Å². The summed E-state index contributed by atoms with van der Waals surface area (Å²) < 4.78 is 13.9. The van der Waals surface area contributed by atoms with Crippen molar-refractivity contribution in [2.45, 2.75) is 70.3 Å². The molecule has 2 aromatic rings. The van der Waals surface area contributed by atoms with Crippen LogP contribution in [-0.4, -0.2) is 5.26 Å². The Morgan fingerprint density at radius 3 is 2.34 bits per heavy atom. The van der Waals surface area contributed by atoms with Crippen molar-refractivity contribution in [2.24, 2.45) is 5.92 Å². The Kier molecular flexibility index (Phi) is 7.80. The fourth-order valence-corrected chi connectivity index (χ4v) is 4.51. The van der Waals surface area contributed by atoms with E-state index < -0.39 is 11.9 Å². The standard InChI is InChI=1S/C25H30FNO2/c1-2-3-4-5-18-6-8-19(9-7-18)20-10-12-21(13-11-20)25(29-28)22-14-15-23(17-27)24(26)16-22/h10-16,18-19,25,28H,2-9H2,1H3. The summed E-state index contributed by atoms with van der Waals surface area (Å²) in [6.07, 6.45) is 9.67. The van der Waals surface area contributed by atoms with Gasteiger partial charge in [-0.05, 0) is 66.3 Å². The number of benzene rings is 2. The largest absolute Gasteiger partial charge is 0.251 e. The molecule has 0 aliphatic heterocycles. The molecule has 0 bridgehead atoms. The molecule has 29 heavy (non-hydrogen) atoms. The lowest BCUT2D eigenvalue weighted by molar-refractivity contribution is -0.270. The Morgan fingerprint density at radius 1 is 1.07 bits per heavy atom. The van der Waals surface area contributed by atoms with Crippen molar-refractivity contribution in [3.05, 3.63) is 70.5 Å². The molecule has 1 atom stereocenters. The van der Waals surface area contributed by atoms with Crippen LogP contribution in [0.25, 0.3) is 0 Å². The van der Waals surface area contributed by atoms with Gasteiger partial charge in [0.05, 0.1) is 5.56 Å². The van der Waals surface area contributed by atoms with E-state index >= 15 is 0 Å². The molecule has 3 nitrogen and oxygen atoms in total. The van der Waals surface area contributed by atoms with Crippen LogP contribution in [0.5, 0.6) is 0 Å². The summed E-state index contributed by atoms with van der Waals surface area (Å²) in [7, 11) is 0. The number of rotatable bonds is 8. The van der Waals surface area contributed by atoms with Gasteiger partial charge >= 0.3 is 0 Å². The van der Waals surface area contributed by atoms with Crippen molar-refractivity contribution in [1.29, 1.82) is 5.26 Å². The molecule has 154 valence electrons. The van der Waals surface area contributed by atoms with E-state index in [2.05, 4.69) is 23.9 Å². The third-order valence-corrected chi connectivity index (χ3v) is 6.30. The fraction of sp³-hybridized carbons (Fsp3) is 0.480. The van der Waals surface area contributed by atoms with Crippen molar-refractivity contribution < 1.29 is 14.5 Å². The fourth-order valence-electron chi connectivity index (χ4n) is 4.51. The quantitative estimate of drug-likeness (QED) is 0.294. The van der Waals surface area contributed by atoms with Gasteiger partial charge in [0.2, 0.25) is 0 Å². The number of hydrogen-bond acceptors (Lipinski definition) is 3. The van der Waals surface area contributed by atoms with Crippen LogP contribution >= 0.6 is 0 Å². The predicted molar refractivity (Wildman–Crippen MR) is 112 cm³/mol. The Labute approximate surface area is 173 Å². The average molecular weight is 396 g/mol. The van der Waals surface area contributed by atoms with Crippen LogP contribution in [-0.2, 0) is 4.89 Å². The third-order valence-electron chi connectivity index (χ3n) is 6.30. The molecule has 0 aromatic heterocycles. The molecular weight excluding hydrogens is 365 g/mol. The lowest BCUT2D eigenvalue weighted by Gasteiger charge is -2.29. The Balaban J connectivity index is 1.63. The summed E-state index contributed by atoms with van der Waals surface area (Å²) in [5.74, 6) is 0.863. The van der Waals surface area contributed by atoms with Crippen molar-refractivity contribution in [3.8, 4) is 6.07 Å². The number of unbranched alkanes of at least 4 members (excludes halogenated alkanes) is 2. The number of nitriles is 1. The van der Waals surface area contributed by atoms with Gasteiger partial charge in [0.15, 0.2) is 0 Å². The van der Waals surface area contributed by atoms with Crippen LogP contribution in [0.4, 0.5) is 4.39 Å². The zero-order valence-corrected chi connectivity index (χ0v) is 17.1. The zero-order valence-electron chi connectivity index (χ0n) is 17.1. The summed E-state index contributed by atoms with van der Waals surface area (Å²) in [5.41, 5.74) is 2.53. The van der Waals surface area contributed by atoms with Crippen molar-refractivity contribution >= 4 is 0 Å². The molecule has 0 amide bonds. The highest BCUT2D eigenvalue weighted by atomic mass is 19.1. The SMILES string of the molecule is CCCCCC1CCC(c2ccc(C(OO)c3ccc(C#N)c(F)c3)cc2)CC1. The van der Waals surface area contributed by atoms with Crippen LogP contribution in [0.2, 0.25) is 0 Å². The summed E-state index contributed by atoms with van der Waals surface area (Å²) >= 11 is 0. The summed E-state index contributed by atoms with van der Waals surface area (Å²) in [6, 6.07) is 14.1. The maximum absolute atomic E-state index is 13.9. The van der Waals surface area contributed by atoms with E-state index in [-0.39, 0.29) is 5.56 Å². The highest BCUT2D eigenvalue weighted by Crippen LogP contribution is 2.38. The average Bonchev–Trinajstić information content (AvgIpc) is 2.76. The van der Waals surface area contributed by atoms with Crippen LogP contribution in [0.15, 0.2) is 42.5 Å². The van der Waals surface area contributed by atoms with Gasteiger partial charge in [0.1, 0.15) is 18.0 Å². The van der Waals surface area contributed by atoms with Crippen LogP contribution in [0, 0.1) is 23.1 Å². The molecule has 0 spiro atoms. The number of nitrogens with zero attached hydrogens (tertiary/aromatic N) is 1. The molecule has 3 rings (SSSR count). The minimum absolute atomic E-state index is 0.0221. The first-order chi connectivity index (χ1) is 14.2. The topological polar surface area (TPSA) is 53.2 Å². The second kappa shape index (κ2) is 10.5. The van der Waals surface area contributed by atoms with Crippen LogP contribution < -0.4 is 0 Å². The maximum atomic E-state index is 13.9. The molecule has 0 heterocycles. The highest BCUT2D eigenvalue weighted by molar-refractivity contribution is 5.38. The van der Waals surface area contributed by atoms with Gasteiger partial charge in [-0.2, -0.15) is 5.26 Å². The number of halogens is 1. The van der Waals surface area contributed by atoms with E-state index in [1.165, 1.54) is 69.1 Å². The highest BCUT2D eigenvalue weighted by Gasteiger charge is 2.23. The van der Waals surface area contributed by atoms with Gasteiger partial charge in [-0.3, -0.25) is 5.26 Å². The molecule has 0 radical (unpaired) electrons. The molecular formula is C25H30FNO2. The van der Waals surface area contributed by atoms with Gasteiger partial charge in [-0.25, -0.2) is 9.28 Å². The van der Waals surface area contributed by atoms with E-state index in [0.717, 1.165) is 11.5 Å². The lowest BCUT2D eigenvalue weighted by Crippen LogP contribution is -2.13. The van der Waals surface area contributed by atoms with Crippen LogP contribution in [0.3, 0.4) is 0 Å². The Bertz CT molecular complexity index is 820. The molecule has 1 aliphatic carbocycles. The normalized spacial score (nSPS) is 20.2. The molecule has 0 saturated heterocycles. The predicted octanol–water partition coefficient (Wildman–Crippen LogP) is 7.13. The molecule has 1 unspecified atom stereocenters. The first-order valence-electron chi connectivity index (χ1n) is 10.8. The molecule has 2 aromatic carbocycles. The molecule has 1 N–H and O–H groups in total. The van der Waals surface area contributed by atoms with E-state index in [1.54, 1.807) is 12.1 Å². The first-order valence-corrected chi connectivity index (χ1v) is 10.8. The minimum atomic E-state index is -0.777. The van der Waals surface area contributed by atoms with Gasteiger partial charge < -0.3 is 0 Å². The first kappa shape index (κ1) is 21.5. The Hall–Kier alpha value is -2.22. The van der Waals surface area contributed by atoms with Gasteiger partial charge in [0, 0.05) is 0 Å². The van der Waals surface area contributed by atoms with E-state index in [1.807, 2.05) is 12.1 Å². The van der Waals surface area contributed by atoms with E-state index in [0.29, 0.717) is 11.5 Å². The van der Waals surface area contributed by atoms with Crippen molar-refractivity contribution in [2.75, 3.05) is 0 Å². The van der Waals surface area contributed by atoms with Gasteiger partial charge in [-0.15, -0.1) is 0 Å². The summed E-state index contributed by atoms with van der Waals surface area (Å²) in [5, 5.41) is 18.3. The summed E-state index contributed by atoms with van der Waals surface area (Å²) in [4.78, 5) is 4.65. The molecule has 1 fully saturated rings. The zero-order chi connectivity index (χ0) is 20.6. The lowest BCUT2D eigenvalue weighted by atomic mass is 9.77. The summed E-state index contributed by atoms with van der Waals surface area (Å²) in [6.45, 7) is 2.25. The smallest absolute Gasteiger partial charge is 0.143 e. The molecule has 1 saturated carbocycles.